The molecular weight excluding hydrogens is 188 g/mol. The van der Waals surface area contributed by atoms with Crippen LogP contribution in [0.2, 0.25) is 0 Å². The average molecular weight is 206 g/mol. The highest BCUT2D eigenvalue weighted by molar-refractivity contribution is 5.26. The second-order valence-corrected chi connectivity index (χ2v) is 4.58. The first kappa shape index (κ1) is 9.21. The number of hydrogen-bond donors (Lipinski definition) is 2. The maximum absolute atomic E-state index is 4.23. The molecule has 0 radical (unpaired) electrons. The van der Waals surface area contributed by atoms with Gasteiger partial charge in [-0.15, -0.1) is 0 Å². The Hall–Kier alpha value is -1.03. The van der Waals surface area contributed by atoms with E-state index in [1.54, 1.807) is 6.20 Å². The molecule has 2 saturated heterocycles. The largest absolute Gasteiger partial charge is 0.351 e. The van der Waals surface area contributed by atoms with Crippen molar-refractivity contribution in [2.75, 3.05) is 18.4 Å². The van der Waals surface area contributed by atoms with Crippen molar-refractivity contribution in [3.63, 3.8) is 0 Å². The van der Waals surface area contributed by atoms with Gasteiger partial charge in [-0.3, -0.25) is 4.90 Å². The van der Waals surface area contributed by atoms with Gasteiger partial charge in [0, 0.05) is 31.0 Å². The van der Waals surface area contributed by atoms with Crippen molar-refractivity contribution < 1.29 is 0 Å². The first-order valence-corrected chi connectivity index (χ1v) is 5.93. The molecule has 3 rings (SSSR count). The van der Waals surface area contributed by atoms with E-state index in [1.807, 2.05) is 6.20 Å². The lowest BCUT2D eigenvalue weighted by atomic mass is 9.99. The monoisotopic (exact) mass is 206 g/mol. The van der Waals surface area contributed by atoms with E-state index in [0.29, 0.717) is 6.04 Å². The second kappa shape index (κ2) is 3.85. The number of imidazole rings is 1. The zero-order valence-corrected chi connectivity index (χ0v) is 8.95. The quantitative estimate of drug-likeness (QED) is 0.769. The average Bonchev–Trinajstić information content (AvgIpc) is 2.89. The third-order valence-electron chi connectivity index (χ3n) is 3.68. The van der Waals surface area contributed by atoms with Crippen molar-refractivity contribution in [2.24, 2.45) is 0 Å². The summed E-state index contributed by atoms with van der Waals surface area (Å²) < 4.78 is 0. The highest BCUT2D eigenvalue weighted by Crippen LogP contribution is 2.28. The van der Waals surface area contributed by atoms with Gasteiger partial charge in [0.05, 0.1) is 0 Å². The summed E-state index contributed by atoms with van der Waals surface area (Å²) >= 11 is 0. The van der Waals surface area contributed by atoms with Gasteiger partial charge in [-0.1, -0.05) is 6.42 Å². The molecule has 2 N–H and O–H groups in total. The van der Waals surface area contributed by atoms with Crippen LogP contribution < -0.4 is 5.32 Å². The molecule has 0 amide bonds. The van der Waals surface area contributed by atoms with Crippen LogP contribution in [0.25, 0.3) is 0 Å². The number of aromatic amines is 1. The van der Waals surface area contributed by atoms with Crippen molar-refractivity contribution in [1.29, 1.82) is 0 Å². The van der Waals surface area contributed by atoms with Crippen molar-refractivity contribution >= 4 is 5.95 Å². The first-order chi connectivity index (χ1) is 7.43. The fraction of sp³-hybridized carbons (Fsp3) is 0.727. The molecule has 0 aromatic carbocycles. The number of nitrogens with zero attached hydrogens (tertiary/aromatic N) is 2. The maximum Gasteiger partial charge on any atom is 0.200 e. The van der Waals surface area contributed by atoms with E-state index in [4.69, 9.17) is 0 Å². The fourth-order valence-electron chi connectivity index (χ4n) is 2.94. The van der Waals surface area contributed by atoms with Gasteiger partial charge >= 0.3 is 0 Å². The molecule has 0 aliphatic carbocycles. The zero-order chi connectivity index (χ0) is 10.1. The number of aromatic nitrogens is 2. The number of rotatable bonds is 2. The van der Waals surface area contributed by atoms with Gasteiger partial charge in [-0.05, 0) is 25.8 Å². The molecule has 4 nitrogen and oxygen atoms in total. The van der Waals surface area contributed by atoms with Crippen molar-refractivity contribution in [1.82, 2.24) is 14.9 Å². The number of H-pyrrole nitrogens is 1. The topological polar surface area (TPSA) is 44.0 Å². The van der Waals surface area contributed by atoms with Crippen LogP contribution in [-0.2, 0) is 0 Å². The summed E-state index contributed by atoms with van der Waals surface area (Å²) in [6.45, 7) is 2.55. The second-order valence-electron chi connectivity index (χ2n) is 4.58. The van der Waals surface area contributed by atoms with E-state index in [0.717, 1.165) is 12.0 Å². The van der Waals surface area contributed by atoms with Gasteiger partial charge in [-0.2, -0.15) is 0 Å². The maximum atomic E-state index is 4.23. The van der Waals surface area contributed by atoms with E-state index in [9.17, 15) is 0 Å². The van der Waals surface area contributed by atoms with Crippen molar-refractivity contribution in [2.45, 2.75) is 37.8 Å². The minimum Gasteiger partial charge on any atom is -0.351 e. The number of anilines is 1. The van der Waals surface area contributed by atoms with Gasteiger partial charge in [0.15, 0.2) is 5.95 Å². The fourth-order valence-corrected chi connectivity index (χ4v) is 2.94. The highest BCUT2D eigenvalue weighted by atomic mass is 15.2. The van der Waals surface area contributed by atoms with Crippen LogP contribution >= 0.6 is 0 Å². The highest BCUT2D eigenvalue weighted by Gasteiger charge is 2.35. The molecular formula is C11H18N4. The number of piperidine rings is 1. The molecule has 4 heteroatoms. The Morgan fingerprint density at radius 1 is 1.33 bits per heavy atom. The van der Waals surface area contributed by atoms with Crippen LogP contribution in [0.4, 0.5) is 5.95 Å². The van der Waals surface area contributed by atoms with Gasteiger partial charge in [0.2, 0.25) is 0 Å². The standard InChI is InChI=1S/C11H18N4/c1-2-7-15-8-4-9(10(15)3-1)14-11-12-5-6-13-11/h5-6,9-10H,1-4,7-8H2,(H2,12,13,14). The molecule has 82 valence electrons. The minimum absolute atomic E-state index is 0.594. The van der Waals surface area contributed by atoms with Crippen LogP contribution in [0.1, 0.15) is 25.7 Å². The van der Waals surface area contributed by atoms with Crippen molar-refractivity contribution in [3.8, 4) is 0 Å². The van der Waals surface area contributed by atoms with Crippen LogP contribution in [-0.4, -0.2) is 40.0 Å². The SMILES string of the molecule is c1c[nH]c(NC2CCN3CCCCC23)n1. The molecule has 1 aromatic rings. The van der Waals surface area contributed by atoms with Gasteiger partial charge < -0.3 is 10.3 Å². The Labute approximate surface area is 90.1 Å². The molecule has 0 bridgehead atoms. The van der Waals surface area contributed by atoms with E-state index in [-0.39, 0.29) is 0 Å². The lowest BCUT2D eigenvalue weighted by Crippen LogP contribution is -2.41. The summed E-state index contributed by atoms with van der Waals surface area (Å²) in [4.78, 5) is 9.98. The third-order valence-corrected chi connectivity index (χ3v) is 3.68. The molecule has 3 heterocycles. The Kier molecular flexibility index (Phi) is 2.37. The normalized spacial score (nSPS) is 31.5. The zero-order valence-electron chi connectivity index (χ0n) is 8.95. The molecule has 15 heavy (non-hydrogen) atoms. The van der Waals surface area contributed by atoms with E-state index in [2.05, 4.69) is 20.2 Å². The summed E-state index contributed by atoms with van der Waals surface area (Å²) in [6, 6.07) is 1.33. The Balaban J connectivity index is 1.67. The smallest absolute Gasteiger partial charge is 0.200 e. The lowest BCUT2D eigenvalue weighted by molar-refractivity contribution is 0.192. The Morgan fingerprint density at radius 2 is 2.33 bits per heavy atom. The number of fused-ring (bicyclic) bond motifs is 1. The summed E-state index contributed by atoms with van der Waals surface area (Å²) in [7, 11) is 0. The van der Waals surface area contributed by atoms with E-state index in [1.165, 1.54) is 38.8 Å². The number of hydrogen-bond acceptors (Lipinski definition) is 3. The molecule has 1 aromatic heterocycles. The number of nitrogens with one attached hydrogen (secondary N) is 2. The molecule has 2 aliphatic rings. The lowest BCUT2D eigenvalue weighted by Gasteiger charge is -2.32. The van der Waals surface area contributed by atoms with Crippen LogP contribution in [0.5, 0.6) is 0 Å². The summed E-state index contributed by atoms with van der Waals surface area (Å²) in [5.41, 5.74) is 0. The third kappa shape index (κ3) is 1.74. The summed E-state index contributed by atoms with van der Waals surface area (Å²) in [5.74, 6) is 0.924. The predicted molar refractivity (Wildman–Crippen MR) is 59.8 cm³/mol. The molecule has 0 saturated carbocycles. The van der Waals surface area contributed by atoms with Crippen LogP contribution in [0, 0.1) is 0 Å². The van der Waals surface area contributed by atoms with Crippen LogP contribution in [0.15, 0.2) is 12.4 Å². The molecule has 2 atom stereocenters. The minimum atomic E-state index is 0.594. The molecule has 2 unspecified atom stereocenters. The van der Waals surface area contributed by atoms with E-state index >= 15 is 0 Å². The predicted octanol–water partition coefficient (Wildman–Crippen LogP) is 1.45. The van der Waals surface area contributed by atoms with Gasteiger partial charge in [-0.25, -0.2) is 4.98 Å². The summed E-state index contributed by atoms with van der Waals surface area (Å²) in [5, 5.41) is 3.51. The molecule has 0 spiro atoms. The molecule has 2 fully saturated rings. The Bertz CT molecular complexity index is 308. The van der Waals surface area contributed by atoms with Crippen LogP contribution in [0.3, 0.4) is 0 Å². The van der Waals surface area contributed by atoms with E-state index < -0.39 is 0 Å². The van der Waals surface area contributed by atoms with Crippen molar-refractivity contribution in [3.05, 3.63) is 12.4 Å². The first-order valence-electron chi connectivity index (χ1n) is 5.93. The Morgan fingerprint density at radius 3 is 3.20 bits per heavy atom. The molecule has 2 aliphatic heterocycles. The van der Waals surface area contributed by atoms with Gasteiger partial charge in [0.25, 0.3) is 0 Å². The summed E-state index contributed by atoms with van der Waals surface area (Å²) in [6.07, 6.45) is 9.04. The van der Waals surface area contributed by atoms with Gasteiger partial charge in [0.1, 0.15) is 0 Å².